The van der Waals surface area contributed by atoms with Gasteiger partial charge in [0.05, 0.1) is 0 Å². The van der Waals surface area contributed by atoms with Crippen LogP contribution in [0.25, 0.3) is 10.8 Å². The predicted molar refractivity (Wildman–Crippen MR) is 84.8 cm³/mol. The molecule has 0 fully saturated rings. The van der Waals surface area contributed by atoms with Gasteiger partial charge < -0.3 is 5.11 Å². The predicted octanol–water partition coefficient (Wildman–Crippen LogP) is 2.21. The van der Waals surface area contributed by atoms with Crippen LogP contribution in [-0.4, -0.2) is 29.5 Å². The first kappa shape index (κ1) is 16.1. The van der Waals surface area contributed by atoms with E-state index in [0.717, 1.165) is 17.8 Å². The number of hydrogen-bond acceptors (Lipinski definition) is 6. The Morgan fingerprint density at radius 1 is 1.36 bits per heavy atom. The minimum atomic E-state index is -4.49. The monoisotopic (exact) mass is 337 g/mol. The average molecular weight is 337 g/mol. The molecule has 0 aliphatic heterocycles. The lowest BCUT2D eigenvalue weighted by Crippen LogP contribution is -2.12. The van der Waals surface area contributed by atoms with Crippen molar-refractivity contribution in [1.82, 2.24) is 5.32 Å². The minimum absolute atomic E-state index is 0.107. The van der Waals surface area contributed by atoms with Crippen LogP contribution in [0.1, 0.15) is 0 Å². The molecule has 0 aliphatic rings. The number of rotatable bonds is 2. The molecule has 22 heavy (non-hydrogen) atoms. The summed E-state index contributed by atoms with van der Waals surface area (Å²) in [5.41, 5.74) is 0.107. The molecular formula is C13H11N3O4S2. The highest BCUT2D eigenvalue weighted by Gasteiger charge is 2.19. The SMILES string of the molecule is CSC(=Nc1c(O)cc(S(=O)(=O)O)c2ccccc12)NC#N. The number of nitrogens with one attached hydrogen (secondary N) is 1. The van der Waals surface area contributed by atoms with Gasteiger partial charge in [0.15, 0.2) is 11.4 Å². The highest BCUT2D eigenvalue weighted by Crippen LogP contribution is 2.39. The maximum absolute atomic E-state index is 11.4. The molecule has 0 saturated carbocycles. The van der Waals surface area contributed by atoms with Crippen molar-refractivity contribution in [3.63, 3.8) is 0 Å². The number of nitrogens with zero attached hydrogens (tertiary/aromatic N) is 2. The third-order valence-corrected chi connectivity index (χ3v) is 4.28. The molecule has 0 aliphatic carbocycles. The number of amidine groups is 1. The van der Waals surface area contributed by atoms with E-state index in [1.807, 2.05) is 0 Å². The summed E-state index contributed by atoms with van der Waals surface area (Å²) >= 11 is 1.15. The van der Waals surface area contributed by atoms with Crippen LogP contribution in [0.2, 0.25) is 0 Å². The summed E-state index contributed by atoms with van der Waals surface area (Å²) < 4.78 is 32.2. The van der Waals surface area contributed by atoms with E-state index in [4.69, 9.17) is 5.26 Å². The molecule has 0 radical (unpaired) electrons. The Labute approximate surface area is 131 Å². The second-order valence-corrected chi connectivity index (χ2v) is 6.31. The van der Waals surface area contributed by atoms with Crippen LogP contribution in [0.15, 0.2) is 40.2 Å². The highest BCUT2D eigenvalue weighted by atomic mass is 32.2. The molecule has 0 atom stereocenters. The van der Waals surface area contributed by atoms with Crippen molar-refractivity contribution in [3.05, 3.63) is 30.3 Å². The topological polar surface area (TPSA) is 123 Å². The summed E-state index contributed by atoms with van der Waals surface area (Å²) in [7, 11) is -4.49. The second kappa shape index (κ2) is 6.23. The first-order chi connectivity index (χ1) is 10.4. The molecule has 7 nitrogen and oxygen atoms in total. The number of aromatic hydroxyl groups is 1. The Morgan fingerprint density at radius 3 is 2.55 bits per heavy atom. The molecule has 2 aromatic rings. The van der Waals surface area contributed by atoms with Crippen LogP contribution >= 0.6 is 11.8 Å². The van der Waals surface area contributed by atoms with Gasteiger partial charge in [0.2, 0.25) is 0 Å². The van der Waals surface area contributed by atoms with Crippen molar-refractivity contribution >= 4 is 43.5 Å². The lowest BCUT2D eigenvalue weighted by atomic mass is 10.1. The third kappa shape index (κ3) is 3.14. The lowest BCUT2D eigenvalue weighted by molar-refractivity contribution is 0.469. The van der Waals surface area contributed by atoms with E-state index in [9.17, 15) is 18.1 Å². The summed E-state index contributed by atoms with van der Waals surface area (Å²) in [6.45, 7) is 0. The van der Waals surface area contributed by atoms with Gasteiger partial charge in [-0.3, -0.25) is 9.87 Å². The van der Waals surface area contributed by atoms with Crippen molar-refractivity contribution in [2.24, 2.45) is 4.99 Å². The number of aliphatic imine (C=N–C) groups is 1. The number of thioether (sulfide) groups is 1. The molecule has 0 amide bonds. The van der Waals surface area contributed by atoms with E-state index in [1.54, 1.807) is 30.6 Å². The Kier molecular flexibility index (Phi) is 4.56. The summed E-state index contributed by atoms with van der Waals surface area (Å²) in [5, 5.41) is 21.9. The standard InChI is InChI=1S/C13H11N3O4S2/c1-21-13(15-7-14)16-12-9-5-3-2-4-8(9)11(6-10(12)17)22(18,19)20/h2-6,17H,1H3,(H,15,16)(H,18,19,20). The van der Waals surface area contributed by atoms with Gasteiger partial charge in [0.25, 0.3) is 10.1 Å². The van der Waals surface area contributed by atoms with E-state index in [0.29, 0.717) is 5.39 Å². The normalized spacial score (nSPS) is 12.1. The Bertz CT molecular complexity index is 901. The number of fused-ring (bicyclic) bond motifs is 1. The minimum Gasteiger partial charge on any atom is -0.506 e. The van der Waals surface area contributed by atoms with Crippen molar-refractivity contribution in [2.75, 3.05) is 6.26 Å². The van der Waals surface area contributed by atoms with Gasteiger partial charge >= 0.3 is 0 Å². The van der Waals surface area contributed by atoms with Crippen LogP contribution < -0.4 is 5.32 Å². The summed E-state index contributed by atoms with van der Waals surface area (Å²) in [6.07, 6.45) is 3.41. The van der Waals surface area contributed by atoms with Gasteiger partial charge in [0, 0.05) is 16.8 Å². The highest BCUT2D eigenvalue weighted by molar-refractivity contribution is 8.13. The second-order valence-electron chi connectivity index (χ2n) is 4.12. The van der Waals surface area contributed by atoms with Crippen molar-refractivity contribution in [3.8, 4) is 11.9 Å². The zero-order valence-corrected chi connectivity index (χ0v) is 12.9. The number of nitriles is 1. The lowest BCUT2D eigenvalue weighted by Gasteiger charge is -2.10. The molecule has 0 aromatic heterocycles. The third-order valence-electron chi connectivity index (χ3n) is 2.81. The van der Waals surface area contributed by atoms with Crippen LogP contribution in [0.3, 0.4) is 0 Å². The maximum Gasteiger partial charge on any atom is 0.295 e. The number of phenolic OH excluding ortho intramolecular Hbond substituents is 1. The van der Waals surface area contributed by atoms with E-state index in [1.165, 1.54) is 6.07 Å². The fourth-order valence-electron chi connectivity index (χ4n) is 1.92. The zero-order chi connectivity index (χ0) is 16.3. The molecule has 0 bridgehead atoms. The van der Waals surface area contributed by atoms with Crippen LogP contribution in [0.5, 0.6) is 5.75 Å². The Balaban J connectivity index is 2.84. The molecule has 0 spiro atoms. The summed E-state index contributed by atoms with van der Waals surface area (Å²) in [6, 6.07) is 7.23. The molecule has 3 N–H and O–H groups in total. The number of hydrogen-bond donors (Lipinski definition) is 3. The average Bonchev–Trinajstić information content (AvgIpc) is 2.47. The molecule has 2 rings (SSSR count). The molecule has 114 valence electrons. The van der Waals surface area contributed by atoms with Gasteiger partial charge in [-0.1, -0.05) is 36.0 Å². The van der Waals surface area contributed by atoms with Crippen molar-refractivity contribution in [2.45, 2.75) is 4.90 Å². The number of benzene rings is 2. The zero-order valence-electron chi connectivity index (χ0n) is 11.3. The molecule has 0 unspecified atom stereocenters. The Hall–Kier alpha value is -2.28. The summed E-state index contributed by atoms with van der Waals surface area (Å²) in [5.74, 6) is -0.419. The Morgan fingerprint density at radius 2 is 2.00 bits per heavy atom. The fraction of sp³-hybridized carbons (Fsp3) is 0.0769. The summed E-state index contributed by atoms with van der Waals surface area (Å²) in [4.78, 5) is 3.73. The van der Waals surface area contributed by atoms with Gasteiger partial charge in [-0.15, -0.1) is 0 Å². The first-order valence-electron chi connectivity index (χ1n) is 5.88. The first-order valence-corrected chi connectivity index (χ1v) is 8.55. The van der Waals surface area contributed by atoms with Gasteiger partial charge in [-0.25, -0.2) is 4.99 Å². The number of phenols is 1. The molecule has 0 saturated heterocycles. The van der Waals surface area contributed by atoms with Crippen LogP contribution in [-0.2, 0) is 10.1 Å². The van der Waals surface area contributed by atoms with Crippen molar-refractivity contribution in [1.29, 1.82) is 5.26 Å². The van der Waals surface area contributed by atoms with E-state index in [-0.39, 0.29) is 16.2 Å². The van der Waals surface area contributed by atoms with Crippen LogP contribution in [0.4, 0.5) is 5.69 Å². The van der Waals surface area contributed by atoms with Gasteiger partial charge in [-0.05, 0) is 6.26 Å². The smallest absolute Gasteiger partial charge is 0.295 e. The molecule has 2 aromatic carbocycles. The van der Waals surface area contributed by atoms with Crippen LogP contribution in [0, 0.1) is 11.5 Å². The quantitative estimate of drug-likeness (QED) is 0.252. The molecule has 9 heteroatoms. The molecular weight excluding hydrogens is 326 g/mol. The van der Waals surface area contributed by atoms with E-state index in [2.05, 4.69) is 10.3 Å². The van der Waals surface area contributed by atoms with E-state index < -0.39 is 20.8 Å². The van der Waals surface area contributed by atoms with Gasteiger partial charge in [-0.2, -0.15) is 13.7 Å². The van der Waals surface area contributed by atoms with Crippen molar-refractivity contribution < 1.29 is 18.1 Å². The molecule has 0 heterocycles. The largest absolute Gasteiger partial charge is 0.506 e. The van der Waals surface area contributed by atoms with E-state index >= 15 is 0 Å². The van der Waals surface area contributed by atoms with Gasteiger partial charge in [0.1, 0.15) is 16.3 Å². The maximum atomic E-state index is 11.4. The fourth-order valence-corrected chi connectivity index (χ4v) is 2.96.